The van der Waals surface area contributed by atoms with Crippen LogP contribution in [-0.2, 0) is 4.74 Å². The van der Waals surface area contributed by atoms with Gasteiger partial charge in [0.1, 0.15) is 0 Å². The molecule has 2 unspecified atom stereocenters. The fourth-order valence-electron chi connectivity index (χ4n) is 2.78. The first-order valence-corrected chi connectivity index (χ1v) is 7.04. The minimum absolute atomic E-state index is 0.0967. The molecule has 1 rings (SSSR count). The summed E-state index contributed by atoms with van der Waals surface area (Å²) in [5, 5.41) is 3.45. The van der Waals surface area contributed by atoms with Crippen LogP contribution in [0, 0.1) is 0 Å². The lowest BCUT2D eigenvalue weighted by Crippen LogP contribution is -2.46. The number of likely N-dealkylation sites (N-methyl/N-ethyl adjacent to an activating group) is 1. The highest BCUT2D eigenvalue weighted by atomic mass is 16.5. The Hall–Kier alpha value is -0.0800. The first kappa shape index (κ1) is 14.0. The number of ether oxygens (including phenoxy) is 1. The zero-order chi connectivity index (χ0) is 11.9. The SMILES string of the molecule is CCCCCCCC(NC)C1(C)CCCO1. The van der Waals surface area contributed by atoms with Crippen LogP contribution in [0.4, 0.5) is 0 Å². The van der Waals surface area contributed by atoms with Crippen molar-refractivity contribution >= 4 is 0 Å². The van der Waals surface area contributed by atoms with E-state index in [4.69, 9.17) is 4.74 Å². The molecule has 0 radical (unpaired) electrons. The Morgan fingerprint density at radius 2 is 2.00 bits per heavy atom. The van der Waals surface area contributed by atoms with Crippen molar-refractivity contribution in [2.75, 3.05) is 13.7 Å². The van der Waals surface area contributed by atoms with E-state index in [1.165, 1.54) is 51.4 Å². The third-order valence-electron chi connectivity index (χ3n) is 3.93. The molecule has 0 aliphatic carbocycles. The molecule has 2 atom stereocenters. The molecule has 0 saturated carbocycles. The summed E-state index contributed by atoms with van der Waals surface area (Å²) in [5.74, 6) is 0. The van der Waals surface area contributed by atoms with Gasteiger partial charge in [-0.25, -0.2) is 0 Å². The predicted octanol–water partition coefficient (Wildman–Crippen LogP) is 3.50. The third-order valence-corrected chi connectivity index (χ3v) is 3.93. The average Bonchev–Trinajstić information content (AvgIpc) is 2.71. The van der Waals surface area contributed by atoms with Gasteiger partial charge in [0.15, 0.2) is 0 Å². The maximum Gasteiger partial charge on any atom is 0.0807 e. The molecule has 0 spiro atoms. The standard InChI is InChI=1S/C14H29NO/c1-4-5-6-7-8-10-13(15-3)14(2)11-9-12-16-14/h13,15H,4-12H2,1-3H3. The molecular formula is C14H29NO. The quantitative estimate of drug-likeness (QED) is 0.641. The lowest BCUT2D eigenvalue weighted by Gasteiger charge is -2.33. The van der Waals surface area contributed by atoms with E-state index in [0.29, 0.717) is 6.04 Å². The molecule has 0 aromatic heterocycles. The van der Waals surface area contributed by atoms with Crippen molar-refractivity contribution in [1.82, 2.24) is 5.32 Å². The smallest absolute Gasteiger partial charge is 0.0807 e. The van der Waals surface area contributed by atoms with E-state index in [0.717, 1.165) is 6.61 Å². The summed E-state index contributed by atoms with van der Waals surface area (Å²) in [5.41, 5.74) is 0.0967. The fourth-order valence-corrected chi connectivity index (χ4v) is 2.78. The molecule has 96 valence electrons. The summed E-state index contributed by atoms with van der Waals surface area (Å²) >= 11 is 0. The highest BCUT2D eigenvalue weighted by molar-refractivity contribution is 4.91. The monoisotopic (exact) mass is 227 g/mol. The molecule has 1 heterocycles. The zero-order valence-corrected chi connectivity index (χ0v) is 11.3. The van der Waals surface area contributed by atoms with Gasteiger partial charge in [-0.2, -0.15) is 0 Å². The van der Waals surface area contributed by atoms with Crippen molar-refractivity contribution < 1.29 is 4.74 Å². The Morgan fingerprint density at radius 1 is 1.25 bits per heavy atom. The van der Waals surface area contributed by atoms with Crippen LogP contribution < -0.4 is 5.32 Å². The van der Waals surface area contributed by atoms with E-state index in [-0.39, 0.29) is 5.60 Å². The summed E-state index contributed by atoms with van der Waals surface area (Å²) in [4.78, 5) is 0. The molecule has 1 aliphatic rings. The Labute approximate surface area is 101 Å². The van der Waals surface area contributed by atoms with Crippen LogP contribution in [0.25, 0.3) is 0 Å². The second kappa shape index (κ2) is 7.29. The van der Waals surface area contributed by atoms with Crippen LogP contribution in [0.3, 0.4) is 0 Å². The Bertz CT molecular complexity index is 176. The fraction of sp³-hybridized carbons (Fsp3) is 1.00. The molecule has 0 aromatic carbocycles. The first-order valence-electron chi connectivity index (χ1n) is 7.04. The Kier molecular flexibility index (Phi) is 6.37. The molecule has 1 fully saturated rings. The second-order valence-corrected chi connectivity index (χ2v) is 5.31. The van der Waals surface area contributed by atoms with Crippen molar-refractivity contribution in [2.24, 2.45) is 0 Å². The molecule has 16 heavy (non-hydrogen) atoms. The molecule has 2 nitrogen and oxygen atoms in total. The largest absolute Gasteiger partial charge is 0.374 e. The minimum Gasteiger partial charge on any atom is -0.374 e. The van der Waals surface area contributed by atoms with Gasteiger partial charge in [0.2, 0.25) is 0 Å². The van der Waals surface area contributed by atoms with Gasteiger partial charge >= 0.3 is 0 Å². The van der Waals surface area contributed by atoms with E-state index < -0.39 is 0 Å². The highest BCUT2D eigenvalue weighted by Crippen LogP contribution is 2.30. The van der Waals surface area contributed by atoms with Gasteiger partial charge in [-0.15, -0.1) is 0 Å². The van der Waals surface area contributed by atoms with Crippen molar-refractivity contribution in [1.29, 1.82) is 0 Å². The molecule has 1 saturated heterocycles. The number of hydrogen-bond donors (Lipinski definition) is 1. The summed E-state index contributed by atoms with van der Waals surface area (Å²) in [6, 6.07) is 0.539. The lowest BCUT2D eigenvalue weighted by atomic mass is 9.89. The van der Waals surface area contributed by atoms with Crippen LogP contribution in [0.15, 0.2) is 0 Å². The maximum absolute atomic E-state index is 5.91. The van der Waals surface area contributed by atoms with Crippen molar-refractivity contribution in [3.8, 4) is 0 Å². The van der Waals surface area contributed by atoms with Gasteiger partial charge < -0.3 is 10.1 Å². The molecule has 0 amide bonds. The summed E-state index contributed by atoms with van der Waals surface area (Å²) in [6.07, 6.45) is 10.5. The predicted molar refractivity (Wildman–Crippen MR) is 69.8 cm³/mol. The van der Waals surface area contributed by atoms with Crippen LogP contribution in [0.2, 0.25) is 0 Å². The number of hydrogen-bond acceptors (Lipinski definition) is 2. The third kappa shape index (κ3) is 4.06. The van der Waals surface area contributed by atoms with E-state index in [2.05, 4.69) is 26.2 Å². The summed E-state index contributed by atoms with van der Waals surface area (Å²) in [7, 11) is 2.07. The molecular weight excluding hydrogens is 198 g/mol. The van der Waals surface area contributed by atoms with Gasteiger partial charge in [0, 0.05) is 12.6 Å². The van der Waals surface area contributed by atoms with E-state index >= 15 is 0 Å². The van der Waals surface area contributed by atoms with Gasteiger partial charge in [0.05, 0.1) is 5.60 Å². The maximum atomic E-state index is 5.91. The normalized spacial score (nSPS) is 27.2. The topological polar surface area (TPSA) is 21.3 Å². The van der Waals surface area contributed by atoms with Crippen molar-refractivity contribution in [3.05, 3.63) is 0 Å². The van der Waals surface area contributed by atoms with Gasteiger partial charge in [0.25, 0.3) is 0 Å². The molecule has 1 aliphatic heterocycles. The van der Waals surface area contributed by atoms with E-state index in [1.54, 1.807) is 0 Å². The minimum atomic E-state index is 0.0967. The molecule has 1 N–H and O–H groups in total. The summed E-state index contributed by atoms with van der Waals surface area (Å²) in [6.45, 7) is 5.49. The van der Waals surface area contributed by atoms with Crippen LogP contribution in [0.1, 0.15) is 65.2 Å². The van der Waals surface area contributed by atoms with E-state index in [9.17, 15) is 0 Å². The molecule has 0 aromatic rings. The molecule has 0 bridgehead atoms. The second-order valence-electron chi connectivity index (χ2n) is 5.31. The Balaban J connectivity index is 2.21. The lowest BCUT2D eigenvalue weighted by molar-refractivity contribution is -0.0124. The van der Waals surface area contributed by atoms with Crippen molar-refractivity contribution in [2.45, 2.75) is 76.9 Å². The highest BCUT2D eigenvalue weighted by Gasteiger charge is 2.36. The van der Waals surface area contributed by atoms with Gasteiger partial charge in [-0.1, -0.05) is 39.0 Å². The number of nitrogens with one attached hydrogen (secondary N) is 1. The van der Waals surface area contributed by atoms with Crippen LogP contribution >= 0.6 is 0 Å². The number of rotatable bonds is 8. The van der Waals surface area contributed by atoms with Crippen molar-refractivity contribution in [3.63, 3.8) is 0 Å². The van der Waals surface area contributed by atoms with Gasteiger partial charge in [-0.3, -0.25) is 0 Å². The van der Waals surface area contributed by atoms with Crippen LogP contribution in [-0.4, -0.2) is 25.3 Å². The Morgan fingerprint density at radius 3 is 2.56 bits per heavy atom. The molecule has 2 heteroatoms. The zero-order valence-electron chi connectivity index (χ0n) is 11.3. The first-order chi connectivity index (χ1) is 7.73. The summed E-state index contributed by atoms with van der Waals surface area (Å²) < 4.78 is 5.91. The number of unbranched alkanes of at least 4 members (excludes halogenated alkanes) is 4. The van der Waals surface area contributed by atoms with Gasteiger partial charge in [-0.05, 0) is 33.2 Å². The van der Waals surface area contributed by atoms with Crippen LogP contribution in [0.5, 0.6) is 0 Å². The average molecular weight is 227 g/mol. The van der Waals surface area contributed by atoms with E-state index in [1.807, 2.05) is 0 Å².